The zero-order valence-corrected chi connectivity index (χ0v) is 11.0. The molecule has 0 aliphatic carbocycles. The van der Waals surface area contributed by atoms with Crippen molar-refractivity contribution in [1.29, 1.82) is 0 Å². The summed E-state index contributed by atoms with van der Waals surface area (Å²) in [5.74, 6) is 0.335. The molecule has 0 spiro atoms. The molecule has 0 unspecified atom stereocenters. The summed E-state index contributed by atoms with van der Waals surface area (Å²) in [4.78, 5) is 0.187. The highest BCUT2D eigenvalue weighted by Crippen LogP contribution is 2.24. The lowest BCUT2D eigenvalue weighted by molar-refractivity contribution is 0.0101. The van der Waals surface area contributed by atoms with Gasteiger partial charge in [0.15, 0.2) is 5.76 Å². The van der Waals surface area contributed by atoms with Gasteiger partial charge >= 0.3 is 0 Å². The minimum absolute atomic E-state index is 0.0843. The Balaban J connectivity index is 2.36. The molecule has 96 valence electrons. The second-order valence-electron chi connectivity index (χ2n) is 4.20. The van der Waals surface area contributed by atoms with Crippen LogP contribution < -0.4 is 0 Å². The first-order chi connectivity index (χ1) is 7.93. The van der Waals surface area contributed by atoms with Crippen LogP contribution in [-0.2, 0) is 14.8 Å². The third-order valence-corrected chi connectivity index (χ3v) is 4.88. The molecule has 1 saturated heterocycles. The van der Waals surface area contributed by atoms with Gasteiger partial charge in [-0.05, 0) is 20.8 Å². The molecular weight excluding hydrogens is 244 g/mol. The molecule has 1 atom stereocenters. The van der Waals surface area contributed by atoms with E-state index in [-0.39, 0.29) is 11.0 Å². The van der Waals surface area contributed by atoms with E-state index < -0.39 is 10.0 Å². The predicted octanol–water partition coefficient (Wildman–Crippen LogP) is 0.701. The molecular formula is C10H16N2O4S. The summed E-state index contributed by atoms with van der Waals surface area (Å²) < 4.78 is 36.5. The van der Waals surface area contributed by atoms with Crippen LogP contribution in [0.15, 0.2) is 9.42 Å². The van der Waals surface area contributed by atoms with Gasteiger partial charge in [0.25, 0.3) is 0 Å². The Morgan fingerprint density at radius 2 is 2.12 bits per heavy atom. The maximum Gasteiger partial charge on any atom is 0.248 e. The van der Waals surface area contributed by atoms with Crippen LogP contribution in [0.4, 0.5) is 0 Å². The maximum atomic E-state index is 12.4. The molecule has 0 amide bonds. The number of rotatable bonds is 2. The number of aryl methyl sites for hydroxylation is 2. The van der Waals surface area contributed by atoms with Gasteiger partial charge in [-0.2, -0.15) is 4.31 Å². The minimum Gasteiger partial charge on any atom is -0.376 e. The van der Waals surface area contributed by atoms with Crippen molar-refractivity contribution in [3.05, 3.63) is 11.5 Å². The number of hydrogen-bond acceptors (Lipinski definition) is 5. The topological polar surface area (TPSA) is 72.6 Å². The van der Waals surface area contributed by atoms with Crippen LogP contribution in [0.25, 0.3) is 0 Å². The molecule has 0 bridgehead atoms. The lowest BCUT2D eigenvalue weighted by Crippen LogP contribution is -2.44. The van der Waals surface area contributed by atoms with Crippen molar-refractivity contribution < 1.29 is 17.7 Å². The lowest BCUT2D eigenvalue weighted by Gasteiger charge is -2.30. The smallest absolute Gasteiger partial charge is 0.248 e. The van der Waals surface area contributed by atoms with E-state index in [2.05, 4.69) is 5.16 Å². The van der Waals surface area contributed by atoms with Crippen molar-refractivity contribution >= 4 is 10.0 Å². The van der Waals surface area contributed by atoms with Gasteiger partial charge in [-0.25, -0.2) is 8.42 Å². The summed E-state index contributed by atoms with van der Waals surface area (Å²) in [6.07, 6.45) is -0.0843. The van der Waals surface area contributed by atoms with Crippen LogP contribution in [0.5, 0.6) is 0 Å². The van der Waals surface area contributed by atoms with Crippen molar-refractivity contribution in [3.63, 3.8) is 0 Å². The van der Waals surface area contributed by atoms with E-state index in [0.29, 0.717) is 31.2 Å². The third kappa shape index (κ3) is 2.22. The third-order valence-electron chi connectivity index (χ3n) is 2.77. The Bertz CT molecular complexity index is 489. The molecule has 1 aromatic rings. The van der Waals surface area contributed by atoms with Crippen LogP contribution in [0.1, 0.15) is 18.4 Å². The summed E-state index contributed by atoms with van der Waals surface area (Å²) in [5, 5.41) is 3.68. The largest absolute Gasteiger partial charge is 0.376 e. The average molecular weight is 260 g/mol. The van der Waals surface area contributed by atoms with Crippen molar-refractivity contribution in [2.45, 2.75) is 31.8 Å². The highest BCUT2D eigenvalue weighted by atomic mass is 32.2. The molecule has 1 aliphatic rings. The first-order valence-electron chi connectivity index (χ1n) is 5.47. The van der Waals surface area contributed by atoms with Gasteiger partial charge in [0, 0.05) is 13.1 Å². The molecule has 2 heterocycles. The van der Waals surface area contributed by atoms with Gasteiger partial charge in [-0.3, -0.25) is 0 Å². The minimum atomic E-state index is -3.52. The van der Waals surface area contributed by atoms with Gasteiger partial charge in [0.2, 0.25) is 10.0 Å². The molecule has 2 rings (SSSR count). The highest BCUT2D eigenvalue weighted by molar-refractivity contribution is 7.89. The second kappa shape index (κ2) is 4.40. The molecule has 17 heavy (non-hydrogen) atoms. The Kier molecular flexibility index (Phi) is 3.24. The molecule has 0 aromatic carbocycles. The zero-order valence-electron chi connectivity index (χ0n) is 10.1. The van der Waals surface area contributed by atoms with Gasteiger partial charge in [-0.1, -0.05) is 5.16 Å². The first-order valence-corrected chi connectivity index (χ1v) is 6.91. The zero-order chi connectivity index (χ0) is 12.6. The van der Waals surface area contributed by atoms with E-state index in [0.717, 1.165) is 0 Å². The first kappa shape index (κ1) is 12.5. The van der Waals surface area contributed by atoms with E-state index in [1.54, 1.807) is 13.8 Å². The molecule has 1 aliphatic heterocycles. The molecule has 1 fully saturated rings. The van der Waals surface area contributed by atoms with Gasteiger partial charge in [0.05, 0.1) is 12.7 Å². The number of sulfonamides is 1. The summed E-state index contributed by atoms with van der Waals surface area (Å²) in [7, 11) is -3.52. The van der Waals surface area contributed by atoms with E-state index in [1.807, 2.05) is 6.92 Å². The van der Waals surface area contributed by atoms with Crippen molar-refractivity contribution in [1.82, 2.24) is 9.46 Å². The number of nitrogens with zero attached hydrogens (tertiary/aromatic N) is 2. The molecule has 0 saturated carbocycles. The summed E-state index contributed by atoms with van der Waals surface area (Å²) in [6, 6.07) is 0. The highest BCUT2D eigenvalue weighted by Gasteiger charge is 2.33. The number of ether oxygens (including phenoxy) is 1. The van der Waals surface area contributed by atoms with E-state index in [1.165, 1.54) is 4.31 Å². The van der Waals surface area contributed by atoms with E-state index >= 15 is 0 Å². The Hall–Kier alpha value is -0.920. The van der Waals surface area contributed by atoms with Crippen LogP contribution in [0.2, 0.25) is 0 Å². The monoisotopic (exact) mass is 260 g/mol. The standard InChI is InChI=1S/C10H16N2O4S/c1-7-6-12(4-5-15-7)17(13,14)10-8(2)11-16-9(10)3/h7H,4-6H2,1-3H3/t7-/m0/s1. The number of morpholine rings is 1. The van der Waals surface area contributed by atoms with Crippen molar-refractivity contribution in [2.24, 2.45) is 0 Å². The predicted molar refractivity (Wildman–Crippen MR) is 60.1 cm³/mol. The van der Waals surface area contributed by atoms with Crippen molar-refractivity contribution in [3.8, 4) is 0 Å². The fourth-order valence-corrected chi connectivity index (χ4v) is 3.77. The number of aromatic nitrogens is 1. The van der Waals surface area contributed by atoms with Gasteiger partial charge in [-0.15, -0.1) is 0 Å². The van der Waals surface area contributed by atoms with Gasteiger partial charge in [0.1, 0.15) is 10.6 Å². The van der Waals surface area contributed by atoms with Crippen LogP contribution >= 0.6 is 0 Å². The SMILES string of the molecule is Cc1noc(C)c1S(=O)(=O)N1CCO[C@@H](C)C1. The Morgan fingerprint density at radius 1 is 1.41 bits per heavy atom. The number of hydrogen-bond donors (Lipinski definition) is 0. The van der Waals surface area contributed by atoms with E-state index in [9.17, 15) is 8.42 Å². The molecule has 0 radical (unpaired) electrons. The fourth-order valence-electron chi connectivity index (χ4n) is 1.98. The Labute approximate surface area is 101 Å². The van der Waals surface area contributed by atoms with Crippen molar-refractivity contribution in [2.75, 3.05) is 19.7 Å². The van der Waals surface area contributed by atoms with Gasteiger partial charge < -0.3 is 9.26 Å². The maximum absolute atomic E-state index is 12.4. The second-order valence-corrected chi connectivity index (χ2v) is 6.07. The molecule has 6 nitrogen and oxygen atoms in total. The summed E-state index contributed by atoms with van der Waals surface area (Å²) >= 11 is 0. The van der Waals surface area contributed by atoms with E-state index in [4.69, 9.17) is 9.26 Å². The lowest BCUT2D eigenvalue weighted by atomic mass is 10.3. The normalized spacial score (nSPS) is 22.9. The summed E-state index contributed by atoms with van der Waals surface area (Å²) in [6.45, 7) is 6.26. The van der Waals surface area contributed by atoms with Crippen LogP contribution in [-0.4, -0.2) is 43.7 Å². The molecule has 1 aromatic heterocycles. The van der Waals surface area contributed by atoms with Crippen LogP contribution in [0, 0.1) is 13.8 Å². The van der Waals surface area contributed by atoms with Crippen LogP contribution in [0.3, 0.4) is 0 Å². The Morgan fingerprint density at radius 3 is 2.65 bits per heavy atom. The summed E-state index contributed by atoms with van der Waals surface area (Å²) in [5.41, 5.74) is 0.404. The quantitative estimate of drug-likeness (QED) is 0.782. The molecule has 0 N–H and O–H groups in total. The fraction of sp³-hybridized carbons (Fsp3) is 0.700. The molecule has 7 heteroatoms. The average Bonchev–Trinajstić information content (AvgIpc) is 2.59.